The van der Waals surface area contributed by atoms with E-state index in [9.17, 15) is 4.79 Å². The molecule has 0 saturated heterocycles. The fourth-order valence-corrected chi connectivity index (χ4v) is 1.94. The Morgan fingerprint density at radius 1 is 1.30 bits per heavy atom. The number of nitrogens with one attached hydrogen (secondary N) is 1. The Hall–Kier alpha value is -3.22. The SMILES string of the molecule is COc1ccc(CNC(=O)c2cc(-c3cccnc3)on2)cn1. The summed E-state index contributed by atoms with van der Waals surface area (Å²) < 4.78 is 10.2. The molecule has 116 valence electrons. The number of hydrogen-bond acceptors (Lipinski definition) is 6. The summed E-state index contributed by atoms with van der Waals surface area (Å²) in [4.78, 5) is 20.2. The monoisotopic (exact) mass is 310 g/mol. The number of amides is 1. The van der Waals surface area contributed by atoms with Crippen LogP contribution in [0.2, 0.25) is 0 Å². The number of carbonyl (C=O) groups excluding carboxylic acids is 1. The molecule has 0 aliphatic heterocycles. The lowest BCUT2D eigenvalue weighted by atomic mass is 10.2. The van der Waals surface area contributed by atoms with E-state index < -0.39 is 0 Å². The Morgan fingerprint density at radius 3 is 2.91 bits per heavy atom. The van der Waals surface area contributed by atoms with E-state index in [1.807, 2.05) is 12.1 Å². The summed E-state index contributed by atoms with van der Waals surface area (Å²) in [6, 6.07) is 8.76. The van der Waals surface area contributed by atoms with Gasteiger partial charge in [-0.15, -0.1) is 0 Å². The van der Waals surface area contributed by atoms with Gasteiger partial charge in [0.25, 0.3) is 5.91 Å². The molecule has 3 rings (SSSR count). The first-order chi connectivity index (χ1) is 11.3. The zero-order valence-electron chi connectivity index (χ0n) is 12.4. The molecule has 0 fully saturated rings. The summed E-state index contributed by atoms with van der Waals surface area (Å²) in [7, 11) is 1.55. The van der Waals surface area contributed by atoms with Crippen LogP contribution in [0.3, 0.4) is 0 Å². The molecule has 0 spiro atoms. The first-order valence-electron chi connectivity index (χ1n) is 6.90. The molecule has 3 aromatic heterocycles. The number of nitrogens with zero attached hydrogens (tertiary/aromatic N) is 3. The van der Waals surface area contributed by atoms with E-state index in [-0.39, 0.29) is 11.6 Å². The minimum absolute atomic E-state index is 0.213. The summed E-state index contributed by atoms with van der Waals surface area (Å²) >= 11 is 0. The van der Waals surface area contributed by atoms with Gasteiger partial charge in [-0.1, -0.05) is 11.2 Å². The van der Waals surface area contributed by atoms with Crippen molar-refractivity contribution in [2.75, 3.05) is 7.11 Å². The van der Waals surface area contributed by atoms with Crippen LogP contribution in [0.25, 0.3) is 11.3 Å². The van der Waals surface area contributed by atoms with Crippen LogP contribution >= 0.6 is 0 Å². The van der Waals surface area contributed by atoms with Crippen LogP contribution in [0.4, 0.5) is 0 Å². The summed E-state index contributed by atoms with van der Waals surface area (Å²) in [6.45, 7) is 0.338. The van der Waals surface area contributed by atoms with Crippen molar-refractivity contribution in [1.82, 2.24) is 20.4 Å². The number of hydrogen-bond donors (Lipinski definition) is 1. The minimum atomic E-state index is -0.320. The Kier molecular flexibility index (Phi) is 4.28. The number of rotatable bonds is 5. The van der Waals surface area contributed by atoms with Gasteiger partial charge in [0.15, 0.2) is 11.5 Å². The first-order valence-corrected chi connectivity index (χ1v) is 6.90. The maximum Gasteiger partial charge on any atom is 0.273 e. The van der Waals surface area contributed by atoms with Crippen LogP contribution in [0.15, 0.2) is 53.4 Å². The standard InChI is InChI=1S/C16H14N4O3/c1-22-15-5-4-11(8-18-15)9-19-16(21)13-7-14(23-20-13)12-3-2-6-17-10-12/h2-8,10H,9H2,1H3,(H,19,21). The van der Waals surface area contributed by atoms with Crippen LogP contribution in [-0.2, 0) is 6.54 Å². The Bertz CT molecular complexity index is 785. The summed E-state index contributed by atoms with van der Waals surface area (Å²) in [6.07, 6.45) is 4.95. The smallest absolute Gasteiger partial charge is 0.273 e. The van der Waals surface area contributed by atoms with Gasteiger partial charge in [-0.05, 0) is 17.7 Å². The molecule has 0 radical (unpaired) electrons. The fourth-order valence-electron chi connectivity index (χ4n) is 1.94. The van der Waals surface area contributed by atoms with Crippen molar-refractivity contribution in [2.24, 2.45) is 0 Å². The molecule has 0 aromatic carbocycles. The molecule has 7 heteroatoms. The molecular formula is C16H14N4O3. The van der Waals surface area contributed by atoms with Gasteiger partial charge >= 0.3 is 0 Å². The molecule has 23 heavy (non-hydrogen) atoms. The third-order valence-corrected chi connectivity index (χ3v) is 3.15. The summed E-state index contributed by atoms with van der Waals surface area (Å²) in [5.74, 6) is 0.701. The number of aromatic nitrogens is 3. The predicted octanol–water partition coefficient (Wildman–Crippen LogP) is 2.07. The topological polar surface area (TPSA) is 90.1 Å². The maximum atomic E-state index is 12.1. The van der Waals surface area contributed by atoms with Crippen molar-refractivity contribution >= 4 is 5.91 Å². The minimum Gasteiger partial charge on any atom is -0.481 e. The third kappa shape index (κ3) is 3.52. The van der Waals surface area contributed by atoms with Crippen LogP contribution in [0.1, 0.15) is 16.1 Å². The second-order valence-corrected chi connectivity index (χ2v) is 4.71. The quantitative estimate of drug-likeness (QED) is 0.776. The summed E-state index contributed by atoms with van der Waals surface area (Å²) in [5.41, 5.74) is 1.83. The van der Waals surface area contributed by atoms with Crippen LogP contribution in [-0.4, -0.2) is 28.1 Å². The largest absolute Gasteiger partial charge is 0.481 e. The lowest BCUT2D eigenvalue weighted by Gasteiger charge is -2.03. The number of carbonyl (C=O) groups is 1. The second kappa shape index (κ2) is 6.69. The zero-order valence-corrected chi connectivity index (χ0v) is 12.4. The second-order valence-electron chi connectivity index (χ2n) is 4.71. The van der Waals surface area contributed by atoms with Crippen molar-refractivity contribution < 1.29 is 14.1 Å². The molecule has 1 amide bonds. The first kappa shape index (κ1) is 14.7. The van der Waals surface area contributed by atoms with Gasteiger partial charge in [-0.2, -0.15) is 0 Å². The predicted molar refractivity (Wildman–Crippen MR) is 81.7 cm³/mol. The van der Waals surface area contributed by atoms with Crippen molar-refractivity contribution in [1.29, 1.82) is 0 Å². The van der Waals surface area contributed by atoms with Crippen molar-refractivity contribution in [2.45, 2.75) is 6.54 Å². The van der Waals surface area contributed by atoms with Gasteiger partial charge in [0.1, 0.15) is 0 Å². The normalized spacial score (nSPS) is 10.3. The maximum absolute atomic E-state index is 12.1. The van der Waals surface area contributed by atoms with Gasteiger partial charge in [0.05, 0.1) is 7.11 Å². The number of methoxy groups -OCH3 is 1. The van der Waals surface area contributed by atoms with E-state index in [4.69, 9.17) is 9.26 Å². The molecule has 0 saturated carbocycles. The molecule has 0 bridgehead atoms. The lowest BCUT2D eigenvalue weighted by Crippen LogP contribution is -2.23. The van der Waals surface area contributed by atoms with Crippen LogP contribution < -0.4 is 10.1 Å². The average Bonchev–Trinajstić information content (AvgIpc) is 3.11. The van der Waals surface area contributed by atoms with Gasteiger partial charge < -0.3 is 14.6 Å². The lowest BCUT2D eigenvalue weighted by molar-refractivity contribution is 0.0942. The molecule has 0 atom stereocenters. The highest BCUT2D eigenvalue weighted by Gasteiger charge is 2.13. The molecule has 0 aliphatic carbocycles. The highest BCUT2D eigenvalue weighted by atomic mass is 16.5. The number of pyridine rings is 2. The highest BCUT2D eigenvalue weighted by molar-refractivity contribution is 5.93. The molecule has 3 heterocycles. The zero-order chi connectivity index (χ0) is 16.1. The van der Waals surface area contributed by atoms with Crippen molar-refractivity contribution in [3.05, 3.63) is 60.2 Å². The molecule has 3 aromatic rings. The number of ether oxygens (including phenoxy) is 1. The molecule has 0 aliphatic rings. The van der Waals surface area contributed by atoms with Gasteiger partial charge in [0, 0.05) is 42.8 Å². The van der Waals surface area contributed by atoms with E-state index in [0.717, 1.165) is 11.1 Å². The van der Waals surface area contributed by atoms with Crippen molar-refractivity contribution in [3.8, 4) is 17.2 Å². The van der Waals surface area contributed by atoms with Crippen LogP contribution in [0.5, 0.6) is 5.88 Å². The van der Waals surface area contributed by atoms with Gasteiger partial charge in [-0.3, -0.25) is 9.78 Å². The van der Waals surface area contributed by atoms with E-state index >= 15 is 0 Å². The van der Waals surface area contributed by atoms with Gasteiger partial charge in [0.2, 0.25) is 5.88 Å². The van der Waals surface area contributed by atoms with E-state index in [2.05, 4.69) is 20.4 Å². The Balaban J connectivity index is 1.63. The molecule has 0 unspecified atom stereocenters. The third-order valence-electron chi connectivity index (χ3n) is 3.15. The van der Waals surface area contributed by atoms with E-state index in [1.165, 1.54) is 0 Å². The molecular weight excluding hydrogens is 296 g/mol. The van der Waals surface area contributed by atoms with Crippen LogP contribution in [0, 0.1) is 0 Å². The Morgan fingerprint density at radius 2 is 2.22 bits per heavy atom. The van der Waals surface area contributed by atoms with E-state index in [0.29, 0.717) is 18.2 Å². The van der Waals surface area contributed by atoms with Crippen molar-refractivity contribution in [3.63, 3.8) is 0 Å². The summed E-state index contributed by atoms with van der Waals surface area (Å²) in [5, 5.41) is 6.54. The Labute approximate surface area is 132 Å². The average molecular weight is 310 g/mol. The van der Waals surface area contributed by atoms with Gasteiger partial charge in [-0.25, -0.2) is 4.98 Å². The molecule has 1 N–H and O–H groups in total. The molecule has 7 nitrogen and oxygen atoms in total. The highest BCUT2D eigenvalue weighted by Crippen LogP contribution is 2.18. The van der Waals surface area contributed by atoms with E-state index in [1.54, 1.807) is 43.9 Å². The fraction of sp³-hybridized carbons (Fsp3) is 0.125.